The molecule has 8 nitrogen and oxygen atoms in total. The first-order valence-electron chi connectivity index (χ1n) is 9.13. The van der Waals surface area contributed by atoms with Crippen molar-refractivity contribution in [2.24, 2.45) is 0 Å². The normalized spacial score (nSPS) is 22.0. The summed E-state index contributed by atoms with van der Waals surface area (Å²) in [6, 6.07) is 5.28. The molecule has 0 saturated heterocycles. The van der Waals surface area contributed by atoms with E-state index in [1.165, 1.54) is 0 Å². The standard InChI is InChI=1S/C19H26N4O4.ClH/c1-19(26-17(24)12-22(2)3)9-7-14(8-10-19)23(4)18(25)13-5-6-15-16(11-13)21-27-20-15;/h5-6,11,14H,7-10,12H2,1-4H3;1H. The molecule has 154 valence electrons. The highest BCUT2D eigenvalue weighted by molar-refractivity contribution is 5.97. The van der Waals surface area contributed by atoms with Crippen LogP contribution in [0.4, 0.5) is 0 Å². The summed E-state index contributed by atoms with van der Waals surface area (Å²) in [6.45, 7) is 2.25. The molecule has 0 radical (unpaired) electrons. The van der Waals surface area contributed by atoms with Gasteiger partial charge in [-0.3, -0.25) is 14.5 Å². The first kappa shape index (κ1) is 22.1. The first-order valence-corrected chi connectivity index (χ1v) is 9.13. The minimum atomic E-state index is -0.460. The van der Waals surface area contributed by atoms with Gasteiger partial charge in [-0.1, -0.05) is 0 Å². The Morgan fingerprint density at radius 3 is 2.46 bits per heavy atom. The minimum absolute atomic E-state index is 0. The number of ether oxygens (including phenoxy) is 1. The molecule has 1 aliphatic rings. The van der Waals surface area contributed by atoms with E-state index in [2.05, 4.69) is 14.9 Å². The maximum absolute atomic E-state index is 12.8. The lowest BCUT2D eigenvalue weighted by molar-refractivity contribution is -0.162. The van der Waals surface area contributed by atoms with E-state index >= 15 is 0 Å². The number of amides is 1. The van der Waals surface area contributed by atoms with Crippen molar-refractivity contribution in [3.8, 4) is 0 Å². The quantitative estimate of drug-likeness (QED) is 0.699. The molecule has 1 aromatic heterocycles. The maximum atomic E-state index is 12.8. The summed E-state index contributed by atoms with van der Waals surface area (Å²) in [5, 5.41) is 7.55. The predicted molar refractivity (Wildman–Crippen MR) is 106 cm³/mol. The second-order valence-electron chi connectivity index (χ2n) is 7.78. The number of likely N-dealkylation sites (N-methyl/N-ethyl adjacent to an activating group) is 1. The largest absolute Gasteiger partial charge is 0.458 e. The van der Waals surface area contributed by atoms with Crippen LogP contribution in [0.5, 0.6) is 0 Å². The molecule has 0 unspecified atom stereocenters. The van der Waals surface area contributed by atoms with Gasteiger partial charge in [0.15, 0.2) is 0 Å². The van der Waals surface area contributed by atoms with Crippen molar-refractivity contribution in [3.05, 3.63) is 23.8 Å². The fourth-order valence-corrected chi connectivity index (χ4v) is 3.55. The number of nitrogens with zero attached hydrogens (tertiary/aromatic N) is 4. The van der Waals surface area contributed by atoms with Crippen molar-refractivity contribution in [1.82, 2.24) is 20.1 Å². The summed E-state index contributed by atoms with van der Waals surface area (Å²) in [7, 11) is 5.50. The Balaban J connectivity index is 0.00000280. The van der Waals surface area contributed by atoms with Crippen LogP contribution in [-0.2, 0) is 9.53 Å². The van der Waals surface area contributed by atoms with E-state index in [9.17, 15) is 9.59 Å². The van der Waals surface area contributed by atoms with Gasteiger partial charge in [-0.15, -0.1) is 12.4 Å². The Hall–Kier alpha value is -2.19. The zero-order chi connectivity index (χ0) is 19.6. The maximum Gasteiger partial charge on any atom is 0.320 e. The lowest BCUT2D eigenvalue weighted by Gasteiger charge is -2.40. The molecule has 3 rings (SSSR count). The van der Waals surface area contributed by atoms with Crippen molar-refractivity contribution >= 4 is 35.3 Å². The van der Waals surface area contributed by atoms with Gasteiger partial charge in [-0.2, -0.15) is 0 Å². The molecule has 1 amide bonds. The van der Waals surface area contributed by atoms with Crippen LogP contribution in [0.25, 0.3) is 11.0 Å². The predicted octanol–water partition coefficient (Wildman–Crippen LogP) is 2.52. The lowest BCUT2D eigenvalue weighted by atomic mass is 9.82. The van der Waals surface area contributed by atoms with Gasteiger partial charge < -0.3 is 9.64 Å². The van der Waals surface area contributed by atoms with Gasteiger partial charge in [0.25, 0.3) is 5.91 Å². The Bertz CT molecular complexity index is 830. The molecule has 1 saturated carbocycles. The molecular formula is C19H27ClN4O4. The molecule has 28 heavy (non-hydrogen) atoms. The van der Waals surface area contributed by atoms with Crippen LogP contribution < -0.4 is 0 Å². The van der Waals surface area contributed by atoms with Gasteiger partial charge in [0.2, 0.25) is 0 Å². The van der Waals surface area contributed by atoms with Crippen molar-refractivity contribution in [2.75, 3.05) is 27.7 Å². The van der Waals surface area contributed by atoms with Gasteiger partial charge >= 0.3 is 5.97 Å². The summed E-state index contributed by atoms with van der Waals surface area (Å²) in [6.07, 6.45) is 3.06. The van der Waals surface area contributed by atoms with E-state index in [1.807, 2.05) is 28.1 Å². The van der Waals surface area contributed by atoms with Crippen LogP contribution in [-0.4, -0.2) is 71.3 Å². The number of aromatic nitrogens is 2. The van der Waals surface area contributed by atoms with Crippen LogP contribution in [0.3, 0.4) is 0 Å². The van der Waals surface area contributed by atoms with Crippen molar-refractivity contribution in [3.63, 3.8) is 0 Å². The van der Waals surface area contributed by atoms with E-state index in [-0.39, 0.29) is 36.9 Å². The van der Waals surface area contributed by atoms with Crippen LogP contribution in [0.2, 0.25) is 0 Å². The Morgan fingerprint density at radius 2 is 1.82 bits per heavy atom. The Kier molecular flexibility index (Phi) is 7.01. The molecule has 1 aromatic carbocycles. The van der Waals surface area contributed by atoms with E-state index in [0.29, 0.717) is 16.6 Å². The van der Waals surface area contributed by atoms with Crippen LogP contribution in [0, 0.1) is 0 Å². The molecule has 1 heterocycles. The van der Waals surface area contributed by atoms with Crippen LogP contribution >= 0.6 is 12.4 Å². The summed E-state index contributed by atoms with van der Waals surface area (Å²) >= 11 is 0. The zero-order valence-electron chi connectivity index (χ0n) is 16.7. The average molecular weight is 411 g/mol. The number of hydrogen-bond acceptors (Lipinski definition) is 7. The third-order valence-electron chi connectivity index (χ3n) is 5.19. The number of rotatable bonds is 5. The van der Waals surface area contributed by atoms with Gasteiger partial charge in [0.05, 0.1) is 6.54 Å². The summed E-state index contributed by atoms with van der Waals surface area (Å²) in [5.74, 6) is -0.266. The van der Waals surface area contributed by atoms with E-state index in [1.54, 1.807) is 28.0 Å². The smallest absolute Gasteiger partial charge is 0.320 e. The highest BCUT2D eigenvalue weighted by Crippen LogP contribution is 2.34. The Labute approximate surface area is 170 Å². The number of carbonyl (C=O) groups is 2. The molecule has 1 fully saturated rings. The number of hydrogen-bond donors (Lipinski definition) is 0. The molecule has 0 aliphatic heterocycles. The zero-order valence-corrected chi connectivity index (χ0v) is 17.5. The SMILES string of the molecule is CN(C)CC(=O)OC1(C)CCC(N(C)C(=O)c2ccc3nonc3c2)CC1.Cl. The van der Waals surface area contributed by atoms with Gasteiger partial charge in [0, 0.05) is 18.7 Å². The van der Waals surface area contributed by atoms with Gasteiger partial charge in [-0.05, 0) is 75.2 Å². The van der Waals surface area contributed by atoms with E-state index < -0.39 is 5.60 Å². The average Bonchev–Trinajstić information content (AvgIpc) is 3.07. The van der Waals surface area contributed by atoms with Crippen LogP contribution in [0.15, 0.2) is 22.8 Å². The molecule has 2 aromatic rings. The fourth-order valence-electron chi connectivity index (χ4n) is 3.55. The summed E-state index contributed by atoms with van der Waals surface area (Å²) in [4.78, 5) is 28.4. The summed E-state index contributed by atoms with van der Waals surface area (Å²) < 4.78 is 10.4. The molecule has 0 spiro atoms. The highest BCUT2D eigenvalue weighted by atomic mass is 35.5. The van der Waals surface area contributed by atoms with Gasteiger partial charge in [0.1, 0.15) is 16.6 Å². The van der Waals surface area contributed by atoms with Crippen LogP contribution in [0.1, 0.15) is 43.0 Å². The second-order valence-corrected chi connectivity index (χ2v) is 7.78. The third kappa shape index (κ3) is 4.99. The fraction of sp³-hybridized carbons (Fsp3) is 0.579. The highest BCUT2D eigenvalue weighted by Gasteiger charge is 2.36. The minimum Gasteiger partial charge on any atom is -0.458 e. The molecular weight excluding hydrogens is 384 g/mol. The number of carbonyl (C=O) groups excluding carboxylic acids is 2. The lowest BCUT2D eigenvalue weighted by Crippen LogP contribution is -2.45. The third-order valence-corrected chi connectivity index (χ3v) is 5.19. The topological polar surface area (TPSA) is 88.8 Å². The van der Waals surface area contributed by atoms with Crippen molar-refractivity contribution in [2.45, 2.75) is 44.2 Å². The van der Waals surface area contributed by atoms with Crippen molar-refractivity contribution in [1.29, 1.82) is 0 Å². The molecule has 9 heteroatoms. The Morgan fingerprint density at radius 1 is 1.18 bits per heavy atom. The molecule has 0 bridgehead atoms. The monoisotopic (exact) mass is 410 g/mol. The number of benzene rings is 1. The van der Waals surface area contributed by atoms with Crippen molar-refractivity contribution < 1.29 is 19.0 Å². The molecule has 0 atom stereocenters. The molecule has 0 N–H and O–H groups in total. The second kappa shape index (κ2) is 8.87. The molecule has 1 aliphatic carbocycles. The first-order chi connectivity index (χ1) is 12.8. The number of halogens is 1. The van der Waals surface area contributed by atoms with Gasteiger partial charge in [-0.25, -0.2) is 4.63 Å². The number of fused-ring (bicyclic) bond motifs is 1. The number of esters is 1. The van der Waals surface area contributed by atoms with E-state index in [4.69, 9.17) is 4.74 Å². The van der Waals surface area contributed by atoms with E-state index in [0.717, 1.165) is 25.7 Å². The summed E-state index contributed by atoms with van der Waals surface area (Å²) in [5.41, 5.74) is 1.30.